The number of primary amides is 1. The van der Waals surface area contributed by atoms with Crippen molar-refractivity contribution in [3.8, 4) is 0 Å². The number of carbonyl (C=O) groups is 2. The first kappa shape index (κ1) is 14.9. The molecule has 0 aromatic rings. The van der Waals surface area contributed by atoms with Crippen LogP contribution < -0.4 is 16.4 Å². The first-order valence-electron chi connectivity index (χ1n) is 6.15. The van der Waals surface area contributed by atoms with Crippen molar-refractivity contribution in [3.63, 3.8) is 0 Å². The Morgan fingerprint density at radius 2 is 2.33 bits per heavy atom. The number of methoxy groups -OCH3 is 1. The molecule has 104 valence electrons. The molecule has 1 rings (SSSR count). The Bertz CT molecular complexity index is 285. The number of nitrogens with zero attached hydrogens (tertiary/aromatic N) is 1. The van der Waals surface area contributed by atoms with E-state index in [0.29, 0.717) is 26.2 Å². The van der Waals surface area contributed by atoms with Crippen LogP contribution in [0.5, 0.6) is 0 Å². The molecule has 0 saturated carbocycles. The third kappa shape index (κ3) is 4.99. The first-order valence-corrected chi connectivity index (χ1v) is 6.15. The molecule has 0 aliphatic carbocycles. The van der Waals surface area contributed by atoms with E-state index in [-0.39, 0.29) is 12.5 Å². The lowest BCUT2D eigenvalue weighted by Gasteiger charge is -2.33. The maximum atomic E-state index is 11.7. The van der Waals surface area contributed by atoms with Crippen molar-refractivity contribution < 1.29 is 14.3 Å². The van der Waals surface area contributed by atoms with Crippen LogP contribution in [0.3, 0.4) is 0 Å². The highest BCUT2D eigenvalue weighted by molar-refractivity contribution is 5.82. The maximum absolute atomic E-state index is 11.7. The summed E-state index contributed by atoms with van der Waals surface area (Å²) in [7, 11) is 1.63. The highest BCUT2D eigenvalue weighted by Gasteiger charge is 2.27. The van der Waals surface area contributed by atoms with Crippen molar-refractivity contribution in [2.24, 2.45) is 5.73 Å². The van der Waals surface area contributed by atoms with Crippen molar-refractivity contribution in [2.45, 2.75) is 12.5 Å². The Hall–Kier alpha value is -1.18. The number of nitrogens with one attached hydrogen (secondary N) is 2. The summed E-state index contributed by atoms with van der Waals surface area (Å²) in [5.74, 6) is -0.478. The summed E-state index contributed by atoms with van der Waals surface area (Å²) in [6, 6.07) is -0.400. The van der Waals surface area contributed by atoms with Crippen LogP contribution in [0, 0.1) is 0 Å². The van der Waals surface area contributed by atoms with Crippen LogP contribution in [0.2, 0.25) is 0 Å². The molecule has 0 spiro atoms. The van der Waals surface area contributed by atoms with E-state index >= 15 is 0 Å². The number of hydrogen-bond donors (Lipinski definition) is 3. The van der Waals surface area contributed by atoms with Crippen molar-refractivity contribution >= 4 is 11.8 Å². The third-order valence-corrected chi connectivity index (χ3v) is 2.88. The summed E-state index contributed by atoms with van der Waals surface area (Å²) >= 11 is 0. The number of nitrogens with two attached hydrogens (primary N) is 1. The van der Waals surface area contributed by atoms with E-state index in [2.05, 4.69) is 10.6 Å². The zero-order chi connectivity index (χ0) is 13.4. The lowest BCUT2D eigenvalue weighted by Crippen LogP contribution is -2.58. The molecule has 1 fully saturated rings. The van der Waals surface area contributed by atoms with Gasteiger partial charge in [-0.3, -0.25) is 14.5 Å². The Morgan fingerprint density at radius 3 is 3.00 bits per heavy atom. The van der Waals surface area contributed by atoms with Gasteiger partial charge >= 0.3 is 0 Å². The normalized spacial score (nSPS) is 20.6. The molecule has 0 aromatic heterocycles. The highest BCUT2D eigenvalue weighted by atomic mass is 16.5. The van der Waals surface area contributed by atoms with Gasteiger partial charge in [0, 0.05) is 39.9 Å². The smallest absolute Gasteiger partial charge is 0.236 e. The summed E-state index contributed by atoms with van der Waals surface area (Å²) in [4.78, 5) is 24.7. The molecule has 1 aliphatic heterocycles. The van der Waals surface area contributed by atoms with Crippen LogP contribution in [-0.2, 0) is 14.3 Å². The summed E-state index contributed by atoms with van der Waals surface area (Å²) < 4.78 is 4.89. The SMILES string of the molecule is COCCCNC(=O)CN1CCNCC1C(N)=O. The van der Waals surface area contributed by atoms with E-state index in [1.807, 2.05) is 4.90 Å². The van der Waals surface area contributed by atoms with E-state index in [4.69, 9.17) is 10.5 Å². The lowest BCUT2D eigenvalue weighted by atomic mass is 10.2. The molecule has 1 saturated heterocycles. The van der Waals surface area contributed by atoms with Crippen molar-refractivity contribution in [1.82, 2.24) is 15.5 Å². The fraction of sp³-hybridized carbons (Fsp3) is 0.818. The largest absolute Gasteiger partial charge is 0.385 e. The molecule has 7 nitrogen and oxygen atoms in total. The zero-order valence-corrected chi connectivity index (χ0v) is 10.8. The molecule has 4 N–H and O–H groups in total. The van der Waals surface area contributed by atoms with Gasteiger partial charge in [0.25, 0.3) is 0 Å². The average molecular weight is 258 g/mol. The fourth-order valence-corrected chi connectivity index (χ4v) is 1.90. The molecule has 1 atom stereocenters. The van der Waals surface area contributed by atoms with Gasteiger partial charge in [-0.2, -0.15) is 0 Å². The summed E-state index contributed by atoms with van der Waals surface area (Å²) in [6.45, 7) is 3.34. The molecular weight excluding hydrogens is 236 g/mol. The van der Waals surface area contributed by atoms with Crippen LogP contribution >= 0.6 is 0 Å². The van der Waals surface area contributed by atoms with Crippen LogP contribution in [0.4, 0.5) is 0 Å². The molecule has 7 heteroatoms. The van der Waals surface area contributed by atoms with Gasteiger partial charge in [-0.25, -0.2) is 0 Å². The molecule has 1 heterocycles. The van der Waals surface area contributed by atoms with E-state index in [0.717, 1.165) is 13.0 Å². The van der Waals surface area contributed by atoms with Crippen LogP contribution in [0.1, 0.15) is 6.42 Å². The summed E-state index contributed by atoms with van der Waals surface area (Å²) in [5, 5.41) is 5.88. The Morgan fingerprint density at radius 1 is 1.56 bits per heavy atom. The second-order valence-electron chi connectivity index (χ2n) is 4.29. The predicted molar refractivity (Wildman–Crippen MR) is 66.9 cm³/mol. The van der Waals surface area contributed by atoms with Gasteiger partial charge in [0.05, 0.1) is 6.54 Å². The number of carbonyl (C=O) groups excluding carboxylic acids is 2. The average Bonchev–Trinajstić information content (AvgIpc) is 2.35. The van der Waals surface area contributed by atoms with Crippen molar-refractivity contribution in [3.05, 3.63) is 0 Å². The Balaban J connectivity index is 2.30. The minimum absolute atomic E-state index is 0.0840. The van der Waals surface area contributed by atoms with Gasteiger partial charge in [0.2, 0.25) is 11.8 Å². The van der Waals surface area contributed by atoms with Gasteiger partial charge in [-0.15, -0.1) is 0 Å². The van der Waals surface area contributed by atoms with Crippen LogP contribution in [0.25, 0.3) is 0 Å². The highest BCUT2D eigenvalue weighted by Crippen LogP contribution is 2.01. The molecule has 18 heavy (non-hydrogen) atoms. The van der Waals surface area contributed by atoms with Crippen molar-refractivity contribution in [2.75, 3.05) is 46.4 Å². The Kier molecular flexibility index (Phi) is 6.63. The summed E-state index contributed by atoms with van der Waals surface area (Å²) in [6.07, 6.45) is 0.781. The number of rotatable bonds is 7. The second-order valence-corrected chi connectivity index (χ2v) is 4.29. The molecule has 1 aliphatic rings. The summed E-state index contributed by atoms with van der Waals surface area (Å²) in [5.41, 5.74) is 5.30. The zero-order valence-electron chi connectivity index (χ0n) is 10.8. The van der Waals surface area contributed by atoms with E-state index in [1.54, 1.807) is 7.11 Å². The van der Waals surface area contributed by atoms with Crippen LogP contribution in [0.15, 0.2) is 0 Å². The lowest BCUT2D eigenvalue weighted by molar-refractivity contribution is -0.127. The van der Waals surface area contributed by atoms with Crippen LogP contribution in [-0.4, -0.2) is 69.2 Å². The molecule has 2 amide bonds. The molecule has 1 unspecified atom stereocenters. The topological polar surface area (TPSA) is 96.7 Å². The molecular formula is C11H22N4O3. The molecule has 0 radical (unpaired) electrons. The van der Waals surface area contributed by atoms with Gasteiger partial charge in [-0.05, 0) is 6.42 Å². The second kappa shape index (κ2) is 8.02. The maximum Gasteiger partial charge on any atom is 0.236 e. The predicted octanol–water partition coefficient (Wildman–Crippen LogP) is -2.10. The fourth-order valence-electron chi connectivity index (χ4n) is 1.90. The number of ether oxygens (including phenoxy) is 1. The minimum atomic E-state index is -0.400. The quantitative estimate of drug-likeness (QED) is 0.454. The third-order valence-electron chi connectivity index (χ3n) is 2.88. The van der Waals surface area contributed by atoms with Gasteiger partial charge in [-0.1, -0.05) is 0 Å². The monoisotopic (exact) mass is 258 g/mol. The minimum Gasteiger partial charge on any atom is -0.385 e. The van der Waals surface area contributed by atoms with Gasteiger partial charge < -0.3 is 21.1 Å². The number of amides is 2. The van der Waals surface area contributed by atoms with E-state index < -0.39 is 11.9 Å². The molecule has 0 bridgehead atoms. The van der Waals surface area contributed by atoms with E-state index in [9.17, 15) is 9.59 Å². The van der Waals surface area contributed by atoms with E-state index in [1.165, 1.54) is 0 Å². The molecule has 0 aromatic carbocycles. The van der Waals surface area contributed by atoms with Gasteiger partial charge in [0.1, 0.15) is 6.04 Å². The van der Waals surface area contributed by atoms with Gasteiger partial charge in [0.15, 0.2) is 0 Å². The van der Waals surface area contributed by atoms with Crippen molar-refractivity contribution in [1.29, 1.82) is 0 Å². The Labute approximate surface area is 107 Å². The number of piperazine rings is 1. The first-order chi connectivity index (χ1) is 8.65. The standard InChI is InChI=1S/C11H22N4O3/c1-18-6-2-3-14-10(16)8-15-5-4-13-7-9(15)11(12)17/h9,13H,2-8H2,1H3,(H2,12,17)(H,14,16). The number of hydrogen-bond acceptors (Lipinski definition) is 5.